The molecule has 0 saturated carbocycles. The summed E-state index contributed by atoms with van der Waals surface area (Å²) in [5.74, 6) is 1.33. The van der Waals surface area contributed by atoms with Gasteiger partial charge in [0.1, 0.15) is 0 Å². The first-order valence-corrected chi connectivity index (χ1v) is 6.45. The average Bonchev–Trinajstić information content (AvgIpc) is 2.28. The molecule has 0 aromatic heterocycles. The molecule has 0 aliphatic carbocycles. The highest BCUT2D eigenvalue weighted by atomic mass is 32.2. The van der Waals surface area contributed by atoms with Crippen LogP contribution in [0.15, 0.2) is 28.1 Å². The van der Waals surface area contributed by atoms with Crippen LogP contribution in [0.5, 0.6) is 0 Å². The second kappa shape index (κ2) is 5.22. The van der Waals surface area contributed by atoms with Crippen molar-refractivity contribution in [2.45, 2.75) is 23.9 Å². The van der Waals surface area contributed by atoms with Crippen molar-refractivity contribution in [3.8, 4) is 0 Å². The van der Waals surface area contributed by atoms with Gasteiger partial charge in [0, 0.05) is 11.3 Å². The topological polar surface area (TPSA) is 21.6 Å². The van der Waals surface area contributed by atoms with E-state index < -0.39 is 11.7 Å². The number of thioether (sulfide) groups is 1. The Morgan fingerprint density at radius 1 is 1.33 bits per heavy atom. The highest BCUT2D eigenvalue weighted by molar-refractivity contribution is 7.99. The van der Waals surface area contributed by atoms with E-state index in [1.165, 1.54) is 24.9 Å². The average molecular weight is 275 g/mol. The molecule has 1 heterocycles. The van der Waals surface area contributed by atoms with Crippen LogP contribution in [0.4, 0.5) is 18.9 Å². The SMILES string of the molecule is CO/C1=N/c2cc(C(F)(F)F)ccc2SCCC1. The lowest BCUT2D eigenvalue weighted by atomic mass is 10.2. The van der Waals surface area contributed by atoms with E-state index in [1.54, 1.807) is 0 Å². The number of hydrogen-bond acceptors (Lipinski definition) is 3. The zero-order chi connectivity index (χ0) is 13.2. The molecule has 2 rings (SSSR count). The van der Waals surface area contributed by atoms with Crippen LogP contribution in [0.1, 0.15) is 18.4 Å². The summed E-state index contributed by atoms with van der Waals surface area (Å²) in [5.41, 5.74) is -0.340. The van der Waals surface area contributed by atoms with E-state index in [-0.39, 0.29) is 0 Å². The van der Waals surface area contributed by atoms with E-state index in [0.717, 1.165) is 29.2 Å². The number of fused-ring (bicyclic) bond motifs is 1. The number of benzene rings is 1. The van der Waals surface area contributed by atoms with Crippen molar-refractivity contribution in [1.82, 2.24) is 0 Å². The first kappa shape index (κ1) is 13.3. The van der Waals surface area contributed by atoms with Gasteiger partial charge in [-0.2, -0.15) is 13.2 Å². The van der Waals surface area contributed by atoms with Crippen LogP contribution in [0, 0.1) is 0 Å². The predicted molar refractivity (Wildman–Crippen MR) is 65.5 cm³/mol. The van der Waals surface area contributed by atoms with Crippen molar-refractivity contribution < 1.29 is 17.9 Å². The molecule has 0 atom stereocenters. The molecule has 0 spiro atoms. The summed E-state index contributed by atoms with van der Waals surface area (Å²) >= 11 is 1.52. The lowest BCUT2D eigenvalue weighted by Crippen LogP contribution is -2.06. The van der Waals surface area contributed by atoms with Crippen molar-refractivity contribution >= 4 is 23.3 Å². The van der Waals surface area contributed by atoms with Gasteiger partial charge in [-0.3, -0.25) is 0 Å². The predicted octanol–water partition coefficient (Wildman–Crippen LogP) is 4.27. The fourth-order valence-electron chi connectivity index (χ4n) is 1.65. The molecule has 1 aliphatic heterocycles. The highest BCUT2D eigenvalue weighted by Crippen LogP contribution is 2.38. The molecule has 0 bridgehead atoms. The second-order valence-electron chi connectivity index (χ2n) is 3.84. The monoisotopic (exact) mass is 275 g/mol. The molecule has 98 valence electrons. The molecule has 2 nitrogen and oxygen atoms in total. The highest BCUT2D eigenvalue weighted by Gasteiger charge is 2.31. The van der Waals surface area contributed by atoms with Gasteiger partial charge in [0.25, 0.3) is 0 Å². The zero-order valence-electron chi connectivity index (χ0n) is 9.75. The Morgan fingerprint density at radius 2 is 2.11 bits per heavy atom. The number of halogens is 3. The summed E-state index contributed by atoms with van der Waals surface area (Å²) in [5, 5.41) is 0. The minimum Gasteiger partial charge on any atom is -0.484 e. The standard InChI is InChI=1S/C12H12F3NOS/c1-17-11-3-2-6-18-10-5-4-8(12(13,14)15)7-9(10)16-11/h4-5,7H,2-3,6H2,1H3/b16-11+. The Labute approximate surface area is 107 Å². The van der Waals surface area contributed by atoms with E-state index in [1.807, 2.05) is 0 Å². The Balaban J connectivity index is 2.45. The number of ether oxygens (including phenoxy) is 1. The fraction of sp³-hybridized carbons (Fsp3) is 0.417. The number of hydrogen-bond donors (Lipinski definition) is 0. The van der Waals surface area contributed by atoms with E-state index in [0.29, 0.717) is 18.0 Å². The summed E-state index contributed by atoms with van der Waals surface area (Å²) in [6, 6.07) is 3.65. The summed E-state index contributed by atoms with van der Waals surface area (Å²) in [6.07, 6.45) is -2.79. The number of alkyl halides is 3. The van der Waals surface area contributed by atoms with Gasteiger partial charge in [0.2, 0.25) is 0 Å². The molecule has 0 fully saturated rings. The van der Waals surface area contributed by atoms with E-state index in [4.69, 9.17) is 4.74 Å². The van der Waals surface area contributed by atoms with Crippen LogP contribution in [-0.4, -0.2) is 18.8 Å². The smallest absolute Gasteiger partial charge is 0.416 e. The Kier molecular flexibility index (Phi) is 3.85. The van der Waals surface area contributed by atoms with E-state index >= 15 is 0 Å². The first-order valence-electron chi connectivity index (χ1n) is 5.46. The van der Waals surface area contributed by atoms with Gasteiger partial charge >= 0.3 is 6.18 Å². The van der Waals surface area contributed by atoms with Crippen molar-refractivity contribution in [2.24, 2.45) is 4.99 Å². The van der Waals surface area contributed by atoms with E-state index in [9.17, 15) is 13.2 Å². The molecule has 1 aromatic carbocycles. The summed E-state index contributed by atoms with van der Waals surface area (Å²) in [7, 11) is 1.49. The van der Waals surface area contributed by atoms with Gasteiger partial charge in [-0.25, -0.2) is 4.99 Å². The molecule has 0 saturated heterocycles. The maximum absolute atomic E-state index is 12.6. The molecular weight excluding hydrogens is 263 g/mol. The van der Waals surface area contributed by atoms with Gasteiger partial charge in [0.05, 0.1) is 18.4 Å². The first-order chi connectivity index (χ1) is 8.50. The minimum absolute atomic E-state index is 0.339. The largest absolute Gasteiger partial charge is 0.484 e. The number of aliphatic imine (C=N–C) groups is 1. The van der Waals surface area contributed by atoms with Crippen molar-refractivity contribution in [3.05, 3.63) is 23.8 Å². The molecule has 0 N–H and O–H groups in total. The van der Waals surface area contributed by atoms with Crippen LogP contribution in [0.3, 0.4) is 0 Å². The van der Waals surface area contributed by atoms with Crippen LogP contribution in [-0.2, 0) is 10.9 Å². The fourth-order valence-corrected chi connectivity index (χ4v) is 2.57. The number of methoxy groups -OCH3 is 1. The van der Waals surface area contributed by atoms with E-state index in [2.05, 4.69) is 4.99 Å². The second-order valence-corrected chi connectivity index (χ2v) is 4.98. The number of nitrogens with zero attached hydrogens (tertiary/aromatic N) is 1. The minimum atomic E-state index is -4.34. The Hall–Kier alpha value is -1.17. The summed E-state index contributed by atoms with van der Waals surface area (Å²) in [4.78, 5) is 4.93. The van der Waals surface area contributed by atoms with Crippen molar-refractivity contribution in [1.29, 1.82) is 0 Å². The summed E-state index contributed by atoms with van der Waals surface area (Å²) in [6.45, 7) is 0. The quantitative estimate of drug-likeness (QED) is 0.705. The third-order valence-corrected chi connectivity index (χ3v) is 3.71. The maximum atomic E-state index is 12.6. The third kappa shape index (κ3) is 2.98. The Bertz CT molecular complexity index is 471. The molecule has 0 amide bonds. The van der Waals surface area contributed by atoms with Crippen LogP contribution in [0.2, 0.25) is 0 Å². The van der Waals surface area contributed by atoms with Gasteiger partial charge in [-0.05, 0) is 30.4 Å². The van der Waals surface area contributed by atoms with Gasteiger partial charge in [-0.15, -0.1) is 11.8 Å². The van der Waals surface area contributed by atoms with Crippen molar-refractivity contribution in [3.63, 3.8) is 0 Å². The molecule has 1 aromatic rings. The van der Waals surface area contributed by atoms with Gasteiger partial charge in [0.15, 0.2) is 5.90 Å². The molecule has 18 heavy (non-hydrogen) atoms. The van der Waals surface area contributed by atoms with Crippen LogP contribution in [0.25, 0.3) is 0 Å². The van der Waals surface area contributed by atoms with Crippen LogP contribution >= 0.6 is 11.8 Å². The van der Waals surface area contributed by atoms with Gasteiger partial charge < -0.3 is 4.74 Å². The molecule has 1 aliphatic rings. The van der Waals surface area contributed by atoms with Crippen LogP contribution < -0.4 is 0 Å². The maximum Gasteiger partial charge on any atom is 0.416 e. The summed E-state index contributed by atoms with van der Waals surface area (Å²) < 4.78 is 43.0. The van der Waals surface area contributed by atoms with Gasteiger partial charge in [-0.1, -0.05) is 0 Å². The normalized spacial score (nSPS) is 19.2. The lowest BCUT2D eigenvalue weighted by Gasteiger charge is -2.14. The molecule has 6 heteroatoms. The molecular formula is C12H12F3NOS. The lowest BCUT2D eigenvalue weighted by molar-refractivity contribution is -0.137. The zero-order valence-corrected chi connectivity index (χ0v) is 10.6. The number of rotatable bonds is 0. The molecule has 0 radical (unpaired) electrons. The molecule has 0 unspecified atom stereocenters. The Morgan fingerprint density at radius 3 is 2.78 bits per heavy atom. The third-order valence-electron chi connectivity index (χ3n) is 2.56. The van der Waals surface area contributed by atoms with Crippen molar-refractivity contribution in [2.75, 3.05) is 12.9 Å².